The Balaban J connectivity index is 1.40. The van der Waals surface area contributed by atoms with Gasteiger partial charge in [0.05, 0.1) is 7.11 Å². The van der Waals surface area contributed by atoms with E-state index in [0.717, 1.165) is 16.3 Å². The Kier molecular flexibility index (Phi) is 6.46. The zero-order valence-corrected chi connectivity index (χ0v) is 15.5. The first-order valence-electron chi connectivity index (χ1n) is 8.81. The number of carbonyl (C=O) groups is 2. The van der Waals surface area contributed by atoms with Gasteiger partial charge in [0.25, 0.3) is 5.91 Å². The fourth-order valence-corrected chi connectivity index (χ4v) is 2.62. The highest BCUT2D eigenvalue weighted by Gasteiger charge is 2.09. The van der Waals surface area contributed by atoms with Crippen LogP contribution in [0.1, 0.15) is 5.56 Å². The van der Waals surface area contributed by atoms with Crippen LogP contribution in [0.5, 0.6) is 11.5 Å². The van der Waals surface area contributed by atoms with Gasteiger partial charge in [-0.3, -0.25) is 4.79 Å². The molecule has 3 aromatic carbocycles. The van der Waals surface area contributed by atoms with Crippen molar-refractivity contribution in [2.24, 2.45) is 0 Å². The molecule has 1 N–H and O–H groups in total. The van der Waals surface area contributed by atoms with E-state index in [9.17, 15) is 9.59 Å². The second-order valence-electron chi connectivity index (χ2n) is 6.09. The minimum atomic E-state index is -0.607. The summed E-state index contributed by atoms with van der Waals surface area (Å²) >= 11 is 0. The molecule has 6 nitrogen and oxygen atoms in total. The van der Waals surface area contributed by atoms with E-state index < -0.39 is 5.97 Å². The maximum absolute atomic E-state index is 11.8. The molecule has 0 aliphatic heterocycles. The van der Waals surface area contributed by atoms with Crippen molar-refractivity contribution >= 4 is 22.6 Å². The smallest absolute Gasteiger partial charge is 0.344 e. The summed E-state index contributed by atoms with van der Waals surface area (Å²) in [5.74, 6) is 0.286. The fraction of sp³-hybridized carbons (Fsp3) is 0.182. The number of hydrogen-bond donors (Lipinski definition) is 1. The summed E-state index contributed by atoms with van der Waals surface area (Å²) in [5, 5.41) is 4.79. The predicted molar refractivity (Wildman–Crippen MR) is 105 cm³/mol. The molecule has 0 atom stereocenters. The van der Waals surface area contributed by atoms with E-state index in [0.29, 0.717) is 18.0 Å². The minimum Gasteiger partial charge on any atom is -0.497 e. The molecule has 1 amide bonds. The monoisotopic (exact) mass is 379 g/mol. The van der Waals surface area contributed by atoms with Gasteiger partial charge in [-0.2, -0.15) is 0 Å². The molecule has 0 heterocycles. The molecule has 0 aromatic heterocycles. The first-order chi connectivity index (χ1) is 13.6. The second-order valence-corrected chi connectivity index (χ2v) is 6.09. The number of benzene rings is 3. The number of carbonyl (C=O) groups excluding carboxylic acids is 2. The molecule has 6 heteroatoms. The van der Waals surface area contributed by atoms with Crippen LogP contribution in [0.2, 0.25) is 0 Å². The van der Waals surface area contributed by atoms with Crippen molar-refractivity contribution in [3.05, 3.63) is 72.3 Å². The Labute approximate surface area is 163 Å². The zero-order valence-electron chi connectivity index (χ0n) is 15.5. The van der Waals surface area contributed by atoms with Crippen molar-refractivity contribution in [3.63, 3.8) is 0 Å². The molecule has 0 bridgehead atoms. The number of rotatable bonds is 8. The number of esters is 1. The van der Waals surface area contributed by atoms with Crippen molar-refractivity contribution in [2.75, 3.05) is 20.3 Å². The summed E-state index contributed by atoms with van der Waals surface area (Å²) in [6, 6.07) is 20.8. The van der Waals surface area contributed by atoms with Crippen molar-refractivity contribution in [3.8, 4) is 11.5 Å². The van der Waals surface area contributed by atoms with E-state index >= 15 is 0 Å². The molecule has 144 valence electrons. The molecule has 3 aromatic rings. The molecule has 0 aliphatic rings. The van der Waals surface area contributed by atoms with Gasteiger partial charge in [-0.25, -0.2) is 4.79 Å². The van der Waals surface area contributed by atoms with E-state index in [1.807, 2.05) is 60.7 Å². The molecular weight excluding hydrogens is 358 g/mol. The SMILES string of the molecule is COc1cccc(CNC(=O)COC(=O)COc2ccc3ccccc3c2)c1. The van der Waals surface area contributed by atoms with E-state index in [2.05, 4.69) is 5.32 Å². The van der Waals surface area contributed by atoms with Gasteiger partial charge >= 0.3 is 5.97 Å². The lowest BCUT2D eigenvalue weighted by molar-refractivity contribution is -0.150. The van der Waals surface area contributed by atoms with Crippen LogP contribution in [0.25, 0.3) is 10.8 Å². The Hall–Kier alpha value is -3.54. The predicted octanol–water partition coefficient (Wildman–Crippen LogP) is 3.09. The lowest BCUT2D eigenvalue weighted by Crippen LogP contribution is -2.29. The molecule has 0 aliphatic carbocycles. The number of fused-ring (bicyclic) bond motifs is 1. The Morgan fingerprint density at radius 1 is 0.857 bits per heavy atom. The van der Waals surface area contributed by atoms with Gasteiger partial charge in [-0.1, -0.05) is 42.5 Å². The van der Waals surface area contributed by atoms with E-state index in [-0.39, 0.29) is 19.1 Å². The number of methoxy groups -OCH3 is 1. The molecular formula is C22H21NO5. The third kappa shape index (κ3) is 5.48. The second kappa shape index (κ2) is 9.41. The summed E-state index contributed by atoms with van der Waals surface area (Å²) in [4.78, 5) is 23.6. The standard InChI is InChI=1S/C22H21NO5/c1-26-19-8-4-5-16(11-19)13-23-21(24)14-28-22(25)15-27-20-10-9-17-6-2-3-7-18(17)12-20/h2-12H,13-15H2,1H3,(H,23,24). The number of nitrogens with one attached hydrogen (secondary N) is 1. The van der Waals surface area contributed by atoms with Crippen LogP contribution in [-0.4, -0.2) is 32.2 Å². The third-order valence-electron chi connectivity index (χ3n) is 4.07. The van der Waals surface area contributed by atoms with Crippen LogP contribution in [0.4, 0.5) is 0 Å². The molecule has 0 saturated carbocycles. The van der Waals surface area contributed by atoms with Gasteiger partial charge in [0.2, 0.25) is 0 Å². The fourth-order valence-electron chi connectivity index (χ4n) is 2.62. The van der Waals surface area contributed by atoms with Gasteiger partial charge in [-0.15, -0.1) is 0 Å². The molecule has 0 unspecified atom stereocenters. The lowest BCUT2D eigenvalue weighted by atomic mass is 10.1. The summed E-state index contributed by atoms with van der Waals surface area (Å²) in [7, 11) is 1.58. The van der Waals surface area contributed by atoms with Gasteiger partial charge in [0.1, 0.15) is 11.5 Å². The highest BCUT2D eigenvalue weighted by atomic mass is 16.6. The van der Waals surface area contributed by atoms with Gasteiger partial charge in [0, 0.05) is 6.54 Å². The van der Waals surface area contributed by atoms with Crippen molar-refractivity contribution < 1.29 is 23.8 Å². The highest BCUT2D eigenvalue weighted by Crippen LogP contribution is 2.20. The van der Waals surface area contributed by atoms with E-state index in [4.69, 9.17) is 14.2 Å². The lowest BCUT2D eigenvalue weighted by Gasteiger charge is -2.09. The van der Waals surface area contributed by atoms with Gasteiger partial charge in [-0.05, 0) is 40.6 Å². The quantitative estimate of drug-likeness (QED) is 0.609. The van der Waals surface area contributed by atoms with Crippen molar-refractivity contribution in [2.45, 2.75) is 6.54 Å². The molecule has 3 rings (SSSR count). The van der Waals surface area contributed by atoms with Gasteiger partial charge < -0.3 is 19.5 Å². The maximum atomic E-state index is 11.8. The summed E-state index contributed by atoms with van der Waals surface area (Å²) < 4.78 is 15.5. The van der Waals surface area contributed by atoms with Crippen LogP contribution in [-0.2, 0) is 20.9 Å². The minimum absolute atomic E-state index is 0.262. The van der Waals surface area contributed by atoms with E-state index in [1.165, 1.54) is 0 Å². The van der Waals surface area contributed by atoms with Crippen LogP contribution < -0.4 is 14.8 Å². The average molecular weight is 379 g/mol. The van der Waals surface area contributed by atoms with E-state index in [1.54, 1.807) is 13.2 Å². The van der Waals surface area contributed by atoms with Crippen LogP contribution >= 0.6 is 0 Å². The van der Waals surface area contributed by atoms with Crippen molar-refractivity contribution in [1.29, 1.82) is 0 Å². The first-order valence-corrected chi connectivity index (χ1v) is 8.81. The summed E-state index contributed by atoms with van der Waals surface area (Å²) in [5.41, 5.74) is 0.888. The van der Waals surface area contributed by atoms with Crippen LogP contribution in [0, 0.1) is 0 Å². The topological polar surface area (TPSA) is 73.9 Å². The normalized spacial score (nSPS) is 10.3. The molecule has 0 saturated heterocycles. The molecule has 28 heavy (non-hydrogen) atoms. The Morgan fingerprint density at radius 3 is 2.50 bits per heavy atom. The Bertz CT molecular complexity index is 970. The Morgan fingerprint density at radius 2 is 1.68 bits per heavy atom. The summed E-state index contributed by atoms with van der Waals surface area (Å²) in [6.45, 7) is -0.299. The number of amides is 1. The molecule has 0 spiro atoms. The van der Waals surface area contributed by atoms with Crippen LogP contribution in [0.15, 0.2) is 66.7 Å². The number of ether oxygens (including phenoxy) is 3. The summed E-state index contributed by atoms with van der Waals surface area (Å²) in [6.07, 6.45) is 0. The average Bonchev–Trinajstić information content (AvgIpc) is 2.74. The maximum Gasteiger partial charge on any atom is 0.344 e. The highest BCUT2D eigenvalue weighted by molar-refractivity contribution is 5.84. The first kappa shape index (κ1) is 19.2. The third-order valence-corrected chi connectivity index (χ3v) is 4.07. The van der Waals surface area contributed by atoms with Crippen molar-refractivity contribution in [1.82, 2.24) is 5.32 Å². The largest absolute Gasteiger partial charge is 0.497 e. The molecule has 0 radical (unpaired) electrons. The zero-order chi connectivity index (χ0) is 19.8. The molecule has 0 fully saturated rings. The van der Waals surface area contributed by atoms with Gasteiger partial charge in [0.15, 0.2) is 13.2 Å². The van der Waals surface area contributed by atoms with Crippen LogP contribution in [0.3, 0.4) is 0 Å². The number of hydrogen-bond acceptors (Lipinski definition) is 5.